The summed E-state index contributed by atoms with van der Waals surface area (Å²) in [6.45, 7) is 9.85. The van der Waals surface area contributed by atoms with Crippen molar-refractivity contribution in [1.82, 2.24) is 0 Å². The topological polar surface area (TPSA) is 12.0 Å². The molecule has 0 aromatic heterocycles. The SMILES string of the molecule is CC(C)Cc1ccc(CNc2ccc(C(C)C)cc2)cc1. The number of hydrogen-bond donors (Lipinski definition) is 1. The van der Waals surface area contributed by atoms with Gasteiger partial charge in [-0.05, 0) is 47.1 Å². The van der Waals surface area contributed by atoms with Crippen LogP contribution in [0.15, 0.2) is 48.5 Å². The monoisotopic (exact) mass is 281 g/mol. The lowest BCUT2D eigenvalue weighted by atomic mass is 10.0. The van der Waals surface area contributed by atoms with E-state index in [-0.39, 0.29) is 0 Å². The number of anilines is 1. The van der Waals surface area contributed by atoms with E-state index in [2.05, 4.69) is 81.5 Å². The van der Waals surface area contributed by atoms with E-state index in [1.165, 1.54) is 22.4 Å². The van der Waals surface area contributed by atoms with Crippen LogP contribution in [0.5, 0.6) is 0 Å². The summed E-state index contributed by atoms with van der Waals surface area (Å²) in [7, 11) is 0. The Kier molecular flexibility index (Phi) is 5.44. The highest BCUT2D eigenvalue weighted by molar-refractivity contribution is 5.45. The van der Waals surface area contributed by atoms with Crippen molar-refractivity contribution in [1.29, 1.82) is 0 Å². The molecule has 0 saturated heterocycles. The zero-order chi connectivity index (χ0) is 15.2. The molecule has 0 saturated carbocycles. The van der Waals surface area contributed by atoms with E-state index in [4.69, 9.17) is 0 Å². The van der Waals surface area contributed by atoms with Gasteiger partial charge < -0.3 is 5.32 Å². The summed E-state index contributed by atoms with van der Waals surface area (Å²) in [6.07, 6.45) is 1.16. The molecule has 0 atom stereocenters. The van der Waals surface area contributed by atoms with E-state index < -0.39 is 0 Å². The molecule has 0 unspecified atom stereocenters. The largest absolute Gasteiger partial charge is 0.381 e. The standard InChI is InChI=1S/C20H27N/c1-15(2)13-17-5-7-18(8-6-17)14-21-20-11-9-19(10-12-20)16(3)4/h5-12,15-16,21H,13-14H2,1-4H3. The lowest BCUT2D eigenvalue weighted by molar-refractivity contribution is 0.647. The summed E-state index contributed by atoms with van der Waals surface area (Å²) < 4.78 is 0. The van der Waals surface area contributed by atoms with Crippen molar-refractivity contribution in [3.05, 3.63) is 65.2 Å². The van der Waals surface area contributed by atoms with Gasteiger partial charge in [0.05, 0.1) is 0 Å². The van der Waals surface area contributed by atoms with E-state index in [0.717, 1.165) is 13.0 Å². The first-order valence-corrected chi connectivity index (χ1v) is 7.96. The Bertz CT molecular complexity index is 535. The second-order valence-electron chi connectivity index (χ2n) is 6.54. The molecule has 0 spiro atoms. The van der Waals surface area contributed by atoms with Gasteiger partial charge in [0, 0.05) is 12.2 Å². The number of nitrogens with one attached hydrogen (secondary N) is 1. The lowest BCUT2D eigenvalue weighted by Gasteiger charge is -2.10. The molecule has 1 nitrogen and oxygen atoms in total. The van der Waals surface area contributed by atoms with Gasteiger partial charge in [-0.25, -0.2) is 0 Å². The quantitative estimate of drug-likeness (QED) is 0.724. The molecular weight excluding hydrogens is 254 g/mol. The Balaban J connectivity index is 1.90. The average molecular weight is 281 g/mol. The van der Waals surface area contributed by atoms with E-state index >= 15 is 0 Å². The predicted molar refractivity (Wildman–Crippen MR) is 92.8 cm³/mol. The zero-order valence-corrected chi connectivity index (χ0v) is 13.7. The minimum Gasteiger partial charge on any atom is -0.381 e. The summed E-state index contributed by atoms with van der Waals surface area (Å²) in [4.78, 5) is 0. The molecule has 0 radical (unpaired) electrons. The Morgan fingerprint density at radius 1 is 0.762 bits per heavy atom. The van der Waals surface area contributed by atoms with Crippen LogP contribution in [-0.2, 0) is 13.0 Å². The summed E-state index contributed by atoms with van der Waals surface area (Å²) >= 11 is 0. The summed E-state index contributed by atoms with van der Waals surface area (Å²) in [5, 5.41) is 3.49. The fourth-order valence-corrected chi connectivity index (χ4v) is 2.45. The molecule has 1 N–H and O–H groups in total. The average Bonchev–Trinajstić information content (AvgIpc) is 2.46. The minimum atomic E-state index is 0.590. The molecule has 1 heteroatoms. The number of hydrogen-bond acceptors (Lipinski definition) is 1. The van der Waals surface area contributed by atoms with Crippen LogP contribution >= 0.6 is 0 Å². The van der Waals surface area contributed by atoms with E-state index in [9.17, 15) is 0 Å². The van der Waals surface area contributed by atoms with Crippen LogP contribution < -0.4 is 5.32 Å². The molecule has 0 aliphatic rings. The van der Waals surface area contributed by atoms with E-state index in [0.29, 0.717) is 11.8 Å². The normalized spacial score (nSPS) is 11.1. The zero-order valence-electron chi connectivity index (χ0n) is 13.7. The maximum absolute atomic E-state index is 3.49. The highest BCUT2D eigenvalue weighted by Crippen LogP contribution is 2.18. The van der Waals surface area contributed by atoms with Gasteiger partial charge in [-0.3, -0.25) is 0 Å². The first-order chi connectivity index (χ1) is 10.0. The fourth-order valence-electron chi connectivity index (χ4n) is 2.45. The van der Waals surface area contributed by atoms with Gasteiger partial charge >= 0.3 is 0 Å². The summed E-state index contributed by atoms with van der Waals surface area (Å²) in [5.74, 6) is 1.31. The van der Waals surface area contributed by atoms with E-state index in [1.54, 1.807) is 0 Å². The third-order valence-electron chi connectivity index (χ3n) is 3.74. The second-order valence-corrected chi connectivity index (χ2v) is 6.54. The van der Waals surface area contributed by atoms with Crippen LogP contribution in [0.1, 0.15) is 50.3 Å². The van der Waals surface area contributed by atoms with Gasteiger partial charge in [-0.2, -0.15) is 0 Å². The van der Waals surface area contributed by atoms with Crippen molar-refractivity contribution in [2.75, 3.05) is 5.32 Å². The second kappa shape index (κ2) is 7.31. The highest BCUT2D eigenvalue weighted by atomic mass is 14.9. The molecule has 0 aliphatic heterocycles. The Morgan fingerprint density at radius 3 is 1.86 bits per heavy atom. The Hall–Kier alpha value is -1.76. The predicted octanol–water partition coefficient (Wildman–Crippen LogP) is 5.62. The highest BCUT2D eigenvalue weighted by Gasteiger charge is 2.00. The van der Waals surface area contributed by atoms with Crippen LogP contribution in [0.3, 0.4) is 0 Å². The molecule has 2 aromatic carbocycles. The van der Waals surface area contributed by atoms with Crippen molar-refractivity contribution >= 4 is 5.69 Å². The molecule has 0 amide bonds. The van der Waals surface area contributed by atoms with Crippen LogP contribution in [0, 0.1) is 5.92 Å². The van der Waals surface area contributed by atoms with Gasteiger partial charge in [0.15, 0.2) is 0 Å². The van der Waals surface area contributed by atoms with Crippen LogP contribution in [-0.4, -0.2) is 0 Å². The van der Waals surface area contributed by atoms with Gasteiger partial charge in [0.25, 0.3) is 0 Å². The summed E-state index contributed by atoms with van der Waals surface area (Å²) in [6, 6.07) is 17.7. The van der Waals surface area contributed by atoms with Crippen molar-refractivity contribution in [2.45, 2.75) is 46.6 Å². The van der Waals surface area contributed by atoms with Crippen LogP contribution in [0.2, 0.25) is 0 Å². The summed E-state index contributed by atoms with van der Waals surface area (Å²) in [5.41, 5.74) is 5.33. The Morgan fingerprint density at radius 2 is 1.33 bits per heavy atom. The first kappa shape index (κ1) is 15.6. The van der Waals surface area contributed by atoms with Gasteiger partial charge in [0.2, 0.25) is 0 Å². The van der Waals surface area contributed by atoms with Crippen molar-refractivity contribution in [3.63, 3.8) is 0 Å². The molecule has 0 fully saturated rings. The van der Waals surface area contributed by atoms with Crippen molar-refractivity contribution < 1.29 is 0 Å². The fraction of sp³-hybridized carbons (Fsp3) is 0.400. The van der Waals surface area contributed by atoms with Gasteiger partial charge in [-0.15, -0.1) is 0 Å². The molecular formula is C20H27N. The van der Waals surface area contributed by atoms with E-state index in [1.807, 2.05) is 0 Å². The van der Waals surface area contributed by atoms with Crippen molar-refractivity contribution in [2.24, 2.45) is 5.92 Å². The number of rotatable bonds is 6. The smallest absolute Gasteiger partial charge is 0.0400 e. The molecule has 2 rings (SSSR count). The van der Waals surface area contributed by atoms with Crippen LogP contribution in [0.4, 0.5) is 5.69 Å². The molecule has 0 bridgehead atoms. The third-order valence-corrected chi connectivity index (χ3v) is 3.74. The third kappa shape index (κ3) is 4.93. The Labute approximate surface area is 129 Å². The molecule has 21 heavy (non-hydrogen) atoms. The minimum absolute atomic E-state index is 0.590. The molecule has 0 heterocycles. The maximum atomic E-state index is 3.49. The molecule has 0 aliphatic carbocycles. The number of benzene rings is 2. The maximum Gasteiger partial charge on any atom is 0.0400 e. The molecule has 112 valence electrons. The lowest BCUT2D eigenvalue weighted by Crippen LogP contribution is -2.00. The van der Waals surface area contributed by atoms with Crippen LogP contribution in [0.25, 0.3) is 0 Å². The molecule has 2 aromatic rings. The first-order valence-electron chi connectivity index (χ1n) is 7.96. The van der Waals surface area contributed by atoms with Gasteiger partial charge in [-0.1, -0.05) is 64.1 Å². The van der Waals surface area contributed by atoms with Gasteiger partial charge in [0.1, 0.15) is 0 Å². The van der Waals surface area contributed by atoms with Crippen molar-refractivity contribution in [3.8, 4) is 0 Å².